The Labute approximate surface area is 102 Å². The summed E-state index contributed by atoms with van der Waals surface area (Å²) in [6.45, 7) is 1.03. The maximum Gasteiger partial charge on any atom is 0.242 e. The molecule has 1 aliphatic rings. The van der Waals surface area contributed by atoms with Crippen LogP contribution in [-0.2, 0) is 14.8 Å². The second-order valence-electron chi connectivity index (χ2n) is 3.52. The van der Waals surface area contributed by atoms with Gasteiger partial charge in [0.05, 0.1) is 6.61 Å². The third kappa shape index (κ3) is 2.79. The largest absolute Gasteiger partial charge is 0.380 e. The molecule has 0 saturated carbocycles. The summed E-state index contributed by atoms with van der Waals surface area (Å²) in [6, 6.07) is 1.38. The molecule has 0 amide bonds. The zero-order valence-corrected chi connectivity index (χ0v) is 10.8. The standard InChI is InChI=1S/C9H11BrN2O3S/c10-7-3-9(5-11-4-7)16(13,14)12-8-1-2-15-6-8/h3-5,8,12H,1-2,6H2/t8-/m1/s1. The molecule has 2 rings (SSSR count). The minimum Gasteiger partial charge on any atom is -0.380 e. The van der Waals surface area contributed by atoms with Crippen molar-refractivity contribution >= 4 is 26.0 Å². The summed E-state index contributed by atoms with van der Waals surface area (Å²) in [7, 11) is -3.49. The predicted molar refractivity (Wildman–Crippen MR) is 61.5 cm³/mol. The van der Waals surface area contributed by atoms with E-state index in [1.54, 1.807) is 0 Å². The van der Waals surface area contributed by atoms with Crippen LogP contribution in [0.25, 0.3) is 0 Å². The van der Waals surface area contributed by atoms with Gasteiger partial charge in [-0.1, -0.05) is 0 Å². The number of aromatic nitrogens is 1. The predicted octanol–water partition coefficient (Wildman–Crippen LogP) is 0.911. The van der Waals surface area contributed by atoms with Gasteiger partial charge in [-0.05, 0) is 28.4 Å². The SMILES string of the molecule is O=S(=O)(N[C@@H]1CCOC1)c1cncc(Br)c1. The first kappa shape index (κ1) is 12.0. The van der Waals surface area contributed by atoms with E-state index in [1.807, 2.05) is 0 Å². The Balaban J connectivity index is 2.18. The van der Waals surface area contributed by atoms with E-state index in [9.17, 15) is 8.42 Å². The topological polar surface area (TPSA) is 68.3 Å². The molecule has 1 aliphatic heterocycles. The van der Waals surface area contributed by atoms with Crippen molar-refractivity contribution in [1.29, 1.82) is 0 Å². The third-order valence-electron chi connectivity index (χ3n) is 2.24. The summed E-state index contributed by atoms with van der Waals surface area (Å²) in [6.07, 6.45) is 3.57. The monoisotopic (exact) mass is 306 g/mol. The summed E-state index contributed by atoms with van der Waals surface area (Å²) in [5, 5.41) is 0. The van der Waals surface area contributed by atoms with Crippen LogP contribution in [0.5, 0.6) is 0 Å². The molecule has 0 unspecified atom stereocenters. The van der Waals surface area contributed by atoms with Crippen molar-refractivity contribution in [3.63, 3.8) is 0 Å². The maximum atomic E-state index is 11.9. The Hall–Kier alpha value is -0.500. The van der Waals surface area contributed by atoms with Crippen molar-refractivity contribution in [3.05, 3.63) is 22.9 Å². The fraction of sp³-hybridized carbons (Fsp3) is 0.444. The molecule has 16 heavy (non-hydrogen) atoms. The minimum absolute atomic E-state index is 0.135. The maximum absolute atomic E-state index is 11.9. The average molecular weight is 307 g/mol. The van der Waals surface area contributed by atoms with E-state index in [2.05, 4.69) is 25.6 Å². The third-order valence-corrected chi connectivity index (χ3v) is 4.16. The molecule has 1 atom stereocenters. The molecule has 5 nitrogen and oxygen atoms in total. The summed E-state index contributed by atoms with van der Waals surface area (Å²) < 4.78 is 32.2. The zero-order chi connectivity index (χ0) is 11.6. The number of hydrogen-bond acceptors (Lipinski definition) is 4. The second-order valence-corrected chi connectivity index (χ2v) is 6.15. The van der Waals surface area contributed by atoms with Gasteiger partial charge in [-0.3, -0.25) is 4.98 Å². The van der Waals surface area contributed by atoms with Gasteiger partial charge in [0.15, 0.2) is 0 Å². The van der Waals surface area contributed by atoms with Crippen LogP contribution in [0.2, 0.25) is 0 Å². The number of nitrogens with zero attached hydrogens (tertiary/aromatic N) is 1. The van der Waals surface area contributed by atoms with Gasteiger partial charge < -0.3 is 4.74 Å². The van der Waals surface area contributed by atoms with Gasteiger partial charge in [0, 0.05) is 29.5 Å². The van der Waals surface area contributed by atoms with Gasteiger partial charge in [0.1, 0.15) is 4.90 Å². The Bertz CT molecular complexity index is 471. The summed E-state index contributed by atoms with van der Waals surface area (Å²) in [5.74, 6) is 0. The van der Waals surface area contributed by atoms with Crippen LogP contribution in [-0.4, -0.2) is 32.7 Å². The van der Waals surface area contributed by atoms with Gasteiger partial charge in [-0.15, -0.1) is 0 Å². The summed E-state index contributed by atoms with van der Waals surface area (Å²) in [4.78, 5) is 3.99. The van der Waals surface area contributed by atoms with Crippen LogP contribution < -0.4 is 4.72 Å². The highest BCUT2D eigenvalue weighted by atomic mass is 79.9. The fourth-order valence-corrected chi connectivity index (χ4v) is 3.21. The van der Waals surface area contributed by atoms with E-state index in [0.717, 1.165) is 0 Å². The summed E-state index contributed by atoms with van der Waals surface area (Å²) in [5.41, 5.74) is 0. The first-order valence-electron chi connectivity index (χ1n) is 4.78. The first-order valence-corrected chi connectivity index (χ1v) is 7.06. The molecular weight excluding hydrogens is 296 g/mol. The number of pyridine rings is 1. The highest BCUT2D eigenvalue weighted by Crippen LogP contribution is 2.15. The van der Waals surface area contributed by atoms with E-state index in [4.69, 9.17) is 4.74 Å². The minimum atomic E-state index is -3.49. The lowest BCUT2D eigenvalue weighted by Gasteiger charge is -2.11. The first-order chi connectivity index (χ1) is 7.58. The highest BCUT2D eigenvalue weighted by Gasteiger charge is 2.23. The molecule has 0 aromatic carbocycles. The molecule has 2 heterocycles. The quantitative estimate of drug-likeness (QED) is 0.901. The Morgan fingerprint density at radius 1 is 1.50 bits per heavy atom. The molecule has 1 fully saturated rings. The van der Waals surface area contributed by atoms with E-state index in [0.29, 0.717) is 24.1 Å². The lowest BCUT2D eigenvalue weighted by molar-refractivity contribution is 0.192. The molecule has 1 aromatic heterocycles. The Kier molecular flexibility index (Phi) is 3.58. The molecule has 1 aromatic rings. The number of rotatable bonds is 3. The van der Waals surface area contributed by atoms with Crippen molar-refractivity contribution < 1.29 is 13.2 Å². The Morgan fingerprint density at radius 3 is 2.94 bits per heavy atom. The zero-order valence-electron chi connectivity index (χ0n) is 8.39. The average Bonchev–Trinajstić information content (AvgIpc) is 2.70. The van der Waals surface area contributed by atoms with Crippen molar-refractivity contribution in [2.75, 3.05) is 13.2 Å². The number of halogens is 1. The van der Waals surface area contributed by atoms with Gasteiger partial charge in [-0.2, -0.15) is 0 Å². The summed E-state index contributed by atoms with van der Waals surface area (Å²) >= 11 is 3.19. The van der Waals surface area contributed by atoms with Gasteiger partial charge in [0.2, 0.25) is 10.0 Å². The van der Waals surface area contributed by atoms with Crippen LogP contribution >= 0.6 is 15.9 Å². The fourth-order valence-electron chi connectivity index (χ4n) is 1.45. The number of nitrogens with one attached hydrogen (secondary N) is 1. The molecular formula is C9H11BrN2O3S. The van der Waals surface area contributed by atoms with Crippen molar-refractivity contribution in [1.82, 2.24) is 9.71 Å². The lowest BCUT2D eigenvalue weighted by atomic mass is 10.3. The molecule has 0 bridgehead atoms. The van der Waals surface area contributed by atoms with Crippen LogP contribution in [0, 0.1) is 0 Å². The van der Waals surface area contributed by atoms with Gasteiger partial charge in [0.25, 0.3) is 0 Å². The Morgan fingerprint density at radius 2 is 2.31 bits per heavy atom. The van der Waals surface area contributed by atoms with E-state index < -0.39 is 10.0 Å². The number of sulfonamides is 1. The second kappa shape index (κ2) is 4.79. The van der Waals surface area contributed by atoms with Gasteiger partial charge in [-0.25, -0.2) is 13.1 Å². The van der Waals surface area contributed by atoms with Crippen LogP contribution in [0.3, 0.4) is 0 Å². The van der Waals surface area contributed by atoms with Gasteiger partial charge >= 0.3 is 0 Å². The number of hydrogen-bond donors (Lipinski definition) is 1. The van der Waals surface area contributed by atoms with E-state index >= 15 is 0 Å². The highest BCUT2D eigenvalue weighted by molar-refractivity contribution is 9.10. The van der Waals surface area contributed by atoms with Crippen LogP contribution in [0.1, 0.15) is 6.42 Å². The molecule has 1 N–H and O–H groups in total. The molecule has 88 valence electrons. The normalized spacial score (nSPS) is 21.2. The molecule has 1 saturated heterocycles. The van der Waals surface area contributed by atoms with E-state index in [1.165, 1.54) is 18.5 Å². The van der Waals surface area contributed by atoms with Crippen molar-refractivity contribution in [3.8, 4) is 0 Å². The molecule has 0 spiro atoms. The smallest absolute Gasteiger partial charge is 0.242 e. The number of ether oxygens (including phenoxy) is 1. The van der Waals surface area contributed by atoms with Crippen molar-refractivity contribution in [2.45, 2.75) is 17.4 Å². The molecule has 0 aliphatic carbocycles. The van der Waals surface area contributed by atoms with Crippen LogP contribution in [0.15, 0.2) is 27.8 Å². The van der Waals surface area contributed by atoms with Crippen molar-refractivity contribution in [2.24, 2.45) is 0 Å². The molecule has 0 radical (unpaired) electrons. The van der Waals surface area contributed by atoms with Crippen LogP contribution in [0.4, 0.5) is 0 Å². The van der Waals surface area contributed by atoms with E-state index in [-0.39, 0.29) is 10.9 Å². The molecule has 7 heteroatoms. The lowest BCUT2D eigenvalue weighted by Crippen LogP contribution is -2.35.